The topological polar surface area (TPSA) is 29.5 Å². The number of piperidine rings is 1. The fourth-order valence-corrected chi connectivity index (χ4v) is 2.81. The minimum Gasteiger partial charge on any atom is -0.379 e. The van der Waals surface area contributed by atoms with Gasteiger partial charge in [0.25, 0.3) is 0 Å². The van der Waals surface area contributed by atoms with Crippen molar-refractivity contribution in [1.29, 1.82) is 0 Å². The van der Waals surface area contributed by atoms with Crippen LogP contribution in [0.4, 0.5) is 0 Å². The highest BCUT2D eigenvalue weighted by atomic mass is 16.5. The molecule has 3 nitrogen and oxygen atoms in total. The number of hydrogen-bond donors (Lipinski definition) is 0. The molecule has 1 aliphatic rings. The maximum absolute atomic E-state index is 10.7. The van der Waals surface area contributed by atoms with Gasteiger partial charge in [-0.2, -0.15) is 0 Å². The van der Waals surface area contributed by atoms with E-state index < -0.39 is 0 Å². The zero-order valence-electron chi connectivity index (χ0n) is 13.3. The van der Waals surface area contributed by atoms with Crippen LogP contribution in [0.5, 0.6) is 0 Å². The summed E-state index contributed by atoms with van der Waals surface area (Å²) in [5.74, 6) is 0.277. The third kappa shape index (κ3) is 4.94. The summed E-state index contributed by atoms with van der Waals surface area (Å²) in [7, 11) is 0. The Hall–Kier alpha value is -1.19. The van der Waals surface area contributed by atoms with E-state index in [2.05, 4.69) is 43.0 Å². The molecule has 1 fully saturated rings. The molecule has 1 heterocycles. The van der Waals surface area contributed by atoms with E-state index in [0.29, 0.717) is 0 Å². The lowest BCUT2D eigenvalue weighted by Gasteiger charge is -2.30. The Bertz CT molecular complexity index is 422. The highest BCUT2D eigenvalue weighted by molar-refractivity contribution is 5.53. The van der Waals surface area contributed by atoms with E-state index in [0.717, 1.165) is 52.0 Å². The molecular weight excluding hydrogens is 262 g/mol. The van der Waals surface area contributed by atoms with Crippen molar-refractivity contribution < 1.29 is 9.53 Å². The van der Waals surface area contributed by atoms with Crippen molar-refractivity contribution in [3.63, 3.8) is 0 Å². The van der Waals surface area contributed by atoms with Gasteiger partial charge in [-0.15, -0.1) is 0 Å². The summed E-state index contributed by atoms with van der Waals surface area (Å²) >= 11 is 0. The fraction of sp³-hybridized carbons (Fsp3) is 0.611. The van der Waals surface area contributed by atoms with E-state index >= 15 is 0 Å². The van der Waals surface area contributed by atoms with E-state index in [4.69, 9.17) is 4.74 Å². The first-order valence-electron chi connectivity index (χ1n) is 7.93. The van der Waals surface area contributed by atoms with Gasteiger partial charge in [0, 0.05) is 17.9 Å². The van der Waals surface area contributed by atoms with Crippen molar-refractivity contribution in [2.45, 2.75) is 32.1 Å². The van der Waals surface area contributed by atoms with Gasteiger partial charge in [-0.05, 0) is 31.5 Å². The standard InChI is InChI=1S/C18H27NO2/c1-18(2,17-6-4-3-5-7-17)15-21-13-12-19-10-8-16(14-20)9-11-19/h3-7,14,16H,8-13,15H2,1-2H3. The summed E-state index contributed by atoms with van der Waals surface area (Å²) < 4.78 is 5.90. The molecule has 0 unspecified atom stereocenters. The molecule has 2 rings (SSSR count). The highest BCUT2D eigenvalue weighted by Gasteiger charge is 2.21. The summed E-state index contributed by atoms with van der Waals surface area (Å²) in [6, 6.07) is 10.5. The number of ether oxygens (including phenoxy) is 1. The molecule has 3 heteroatoms. The maximum Gasteiger partial charge on any atom is 0.123 e. The smallest absolute Gasteiger partial charge is 0.123 e. The lowest BCUT2D eigenvalue weighted by atomic mass is 9.86. The van der Waals surface area contributed by atoms with Gasteiger partial charge in [-0.3, -0.25) is 0 Å². The average molecular weight is 289 g/mol. The number of likely N-dealkylation sites (tertiary alicyclic amines) is 1. The zero-order chi connectivity index (χ0) is 15.1. The molecule has 0 atom stereocenters. The second kappa shape index (κ2) is 7.71. The number of carbonyl (C=O) groups excluding carboxylic acids is 1. The minimum absolute atomic E-state index is 0.0474. The second-order valence-electron chi connectivity index (χ2n) is 6.62. The largest absolute Gasteiger partial charge is 0.379 e. The molecular formula is C18H27NO2. The van der Waals surface area contributed by atoms with Gasteiger partial charge >= 0.3 is 0 Å². The number of carbonyl (C=O) groups is 1. The van der Waals surface area contributed by atoms with Crippen molar-refractivity contribution in [2.24, 2.45) is 5.92 Å². The van der Waals surface area contributed by atoms with Crippen molar-refractivity contribution in [3.05, 3.63) is 35.9 Å². The van der Waals surface area contributed by atoms with E-state index in [1.807, 2.05) is 6.07 Å². The Labute approximate surface area is 128 Å². The van der Waals surface area contributed by atoms with Gasteiger partial charge in [-0.25, -0.2) is 0 Å². The number of nitrogens with zero attached hydrogens (tertiary/aromatic N) is 1. The first-order valence-corrected chi connectivity index (χ1v) is 7.93. The van der Waals surface area contributed by atoms with Gasteiger partial charge in [0.1, 0.15) is 6.29 Å². The molecule has 0 saturated carbocycles. The molecule has 0 spiro atoms. The first kappa shape index (κ1) is 16.2. The monoisotopic (exact) mass is 289 g/mol. The van der Waals surface area contributed by atoms with Crippen LogP contribution in [-0.2, 0) is 14.9 Å². The molecule has 0 bridgehead atoms. The van der Waals surface area contributed by atoms with Crippen LogP contribution >= 0.6 is 0 Å². The van der Waals surface area contributed by atoms with E-state index in [1.54, 1.807) is 0 Å². The van der Waals surface area contributed by atoms with Crippen molar-refractivity contribution >= 4 is 6.29 Å². The zero-order valence-corrected chi connectivity index (χ0v) is 13.3. The predicted octanol–water partition coefficient (Wildman–Crippen LogP) is 2.89. The third-order valence-corrected chi connectivity index (χ3v) is 4.39. The molecule has 0 aliphatic carbocycles. The van der Waals surface area contributed by atoms with E-state index in [-0.39, 0.29) is 11.3 Å². The van der Waals surface area contributed by atoms with Crippen molar-refractivity contribution in [2.75, 3.05) is 32.8 Å². The van der Waals surface area contributed by atoms with Crippen LogP contribution < -0.4 is 0 Å². The lowest BCUT2D eigenvalue weighted by Crippen LogP contribution is -2.37. The Morgan fingerprint density at radius 2 is 1.90 bits per heavy atom. The molecule has 1 saturated heterocycles. The molecule has 1 aliphatic heterocycles. The SMILES string of the molecule is CC(C)(COCCN1CCC(C=O)CC1)c1ccccc1. The molecule has 0 N–H and O–H groups in total. The fourth-order valence-electron chi connectivity index (χ4n) is 2.81. The summed E-state index contributed by atoms with van der Waals surface area (Å²) in [5, 5.41) is 0. The Balaban J connectivity index is 1.67. The normalized spacial score (nSPS) is 17.8. The molecule has 1 aromatic carbocycles. The van der Waals surface area contributed by atoms with E-state index in [9.17, 15) is 4.79 Å². The third-order valence-electron chi connectivity index (χ3n) is 4.39. The number of hydrogen-bond acceptors (Lipinski definition) is 3. The summed E-state index contributed by atoms with van der Waals surface area (Å²) in [5.41, 5.74) is 1.36. The number of aldehydes is 1. The number of rotatable bonds is 7. The lowest BCUT2D eigenvalue weighted by molar-refractivity contribution is -0.112. The quantitative estimate of drug-likeness (QED) is 0.571. The number of benzene rings is 1. The summed E-state index contributed by atoms with van der Waals surface area (Å²) in [6.07, 6.45) is 3.11. The molecule has 116 valence electrons. The van der Waals surface area contributed by atoms with Crippen molar-refractivity contribution in [1.82, 2.24) is 4.90 Å². The Morgan fingerprint density at radius 3 is 2.52 bits per heavy atom. The molecule has 21 heavy (non-hydrogen) atoms. The Kier molecular flexibility index (Phi) is 5.95. The van der Waals surface area contributed by atoms with E-state index in [1.165, 1.54) is 5.56 Å². The van der Waals surface area contributed by atoms with Crippen LogP contribution in [0.2, 0.25) is 0 Å². The van der Waals surface area contributed by atoms with Gasteiger partial charge in [0.05, 0.1) is 13.2 Å². The van der Waals surface area contributed by atoms with Crippen molar-refractivity contribution in [3.8, 4) is 0 Å². The van der Waals surface area contributed by atoms with Crippen LogP contribution in [0.1, 0.15) is 32.3 Å². The second-order valence-corrected chi connectivity index (χ2v) is 6.62. The average Bonchev–Trinajstić information content (AvgIpc) is 2.53. The van der Waals surface area contributed by atoms with Crippen LogP contribution in [0.3, 0.4) is 0 Å². The first-order chi connectivity index (χ1) is 10.1. The van der Waals surface area contributed by atoms with Crippen LogP contribution in [0.15, 0.2) is 30.3 Å². The van der Waals surface area contributed by atoms with Gasteiger partial charge < -0.3 is 14.4 Å². The highest BCUT2D eigenvalue weighted by Crippen LogP contribution is 2.23. The van der Waals surface area contributed by atoms with Gasteiger partial charge in [-0.1, -0.05) is 44.2 Å². The van der Waals surface area contributed by atoms with Gasteiger partial charge in [0.15, 0.2) is 0 Å². The molecule has 0 amide bonds. The summed E-state index contributed by atoms with van der Waals surface area (Å²) in [4.78, 5) is 13.1. The van der Waals surface area contributed by atoms with Crippen LogP contribution in [0.25, 0.3) is 0 Å². The summed E-state index contributed by atoms with van der Waals surface area (Å²) in [6.45, 7) is 8.96. The van der Waals surface area contributed by atoms with Crippen LogP contribution in [0, 0.1) is 5.92 Å². The molecule has 0 aromatic heterocycles. The maximum atomic E-state index is 10.7. The predicted molar refractivity (Wildman–Crippen MR) is 85.5 cm³/mol. The Morgan fingerprint density at radius 1 is 1.24 bits per heavy atom. The molecule has 0 radical (unpaired) electrons. The minimum atomic E-state index is 0.0474. The van der Waals surface area contributed by atoms with Gasteiger partial charge in [0.2, 0.25) is 0 Å². The molecule has 1 aromatic rings. The van der Waals surface area contributed by atoms with Crippen LogP contribution in [-0.4, -0.2) is 44.0 Å².